The van der Waals surface area contributed by atoms with E-state index in [2.05, 4.69) is 5.32 Å². The third kappa shape index (κ3) is 6.64. The van der Waals surface area contributed by atoms with Crippen LogP contribution < -0.4 is 11.1 Å². The molecule has 3 N–H and O–H groups in total. The molecule has 2 rings (SSSR count). The second kappa shape index (κ2) is 11.1. The van der Waals surface area contributed by atoms with Gasteiger partial charge in [-0.25, -0.2) is 0 Å². The average molecular weight is 419 g/mol. The molecule has 1 aromatic carbocycles. The topological polar surface area (TPSA) is 119 Å². The van der Waals surface area contributed by atoms with Gasteiger partial charge in [-0.05, 0) is 24.8 Å². The fourth-order valence-corrected chi connectivity index (χ4v) is 3.29. The van der Waals surface area contributed by atoms with Gasteiger partial charge in [-0.1, -0.05) is 17.7 Å². The zero-order chi connectivity index (χ0) is 19.1. The van der Waals surface area contributed by atoms with Gasteiger partial charge in [0.05, 0.1) is 16.4 Å². The molecular formula is C17H24Cl2N4O4. The van der Waals surface area contributed by atoms with Gasteiger partial charge in [-0.15, -0.1) is 12.4 Å². The Kier molecular flexibility index (Phi) is 9.48. The highest BCUT2D eigenvalue weighted by Gasteiger charge is 2.27. The van der Waals surface area contributed by atoms with E-state index in [0.717, 1.165) is 19.3 Å². The zero-order valence-corrected chi connectivity index (χ0v) is 16.4. The van der Waals surface area contributed by atoms with E-state index in [9.17, 15) is 19.7 Å². The van der Waals surface area contributed by atoms with Crippen molar-refractivity contribution in [2.75, 3.05) is 19.6 Å². The molecule has 8 nitrogen and oxygen atoms in total. The highest BCUT2D eigenvalue weighted by Crippen LogP contribution is 2.24. The van der Waals surface area contributed by atoms with Crippen LogP contribution in [0.3, 0.4) is 0 Å². The van der Waals surface area contributed by atoms with Crippen molar-refractivity contribution >= 4 is 41.5 Å². The molecule has 1 aliphatic heterocycles. The molecule has 10 heteroatoms. The number of nitrogens with zero attached hydrogens (tertiary/aromatic N) is 2. The number of nitrogens with one attached hydrogen (secondary N) is 1. The summed E-state index contributed by atoms with van der Waals surface area (Å²) in [4.78, 5) is 36.4. The van der Waals surface area contributed by atoms with Gasteiger partial charge in [0.15, 0.2) is 0 Å². The second-order valence-electron chi connectivity index (χ2n) is 6.29. The Morgan fingerprint density at radius 2 is 2.11 bits per heavy atom. The molecule has 1 fully saturated rings. The van der Waals surface area contributed by atoms with Crippen molar-refractivity contribution in [2.45, 2.75) is 38.1 Å². The lowest BCUT2D eigenvalue weighted by atomic mass is 10.0. The number of benzene rings is 1. The van der Waals surface area contributed by atoms with Gasteiger partial charge in [0.2, 0.25) is 11.8 Å². The molecule has 1 aromatic rings. The molecule has 1 unspecified atom stereocenters. The van der Waals surface area contributed by atoms with Crippen LogP contribution in [0.5, 0.6) is 0 Å². The minimum Gasteiger partial charge on any atom is -0.354 e. The minimum atomic E-state index is -0.526. The SMILES string of the molecule is Cl.NCCC(=O)NCC1CCCCN1C(=O)Cc1ccc([N+](=O)[O-])cc1Cl. The lowest BCUT2D eigenvalue weighted by Gasteiger charge is -2.36. The summed E-state index contributed by atoms with van der Waals surface area (Å²) in [7, 11) is 0. The van der Waals surface area contributed by atoms with E-state index in [1.54, 1.807) is 4.90 Å². The molecule has 1 heterocycles. The van der Waals surface area contributed by atoms with E-state index in [-0.39, 0.29) is 60.4 Å². The first kappa shape index (κ1) is 23.1. The Labute approximate surface area is 169 Å². The maximum Gasteiger partial charge on any atom is 0.270 e. The number of rotatable bonds is 7. The van der Waals surface area contributed by atoms with Crippen molar-refractivity contribution in [1.29, 1.82) is 0 Å². The van der Waals surface area contributed by atoms with Crippen LogP contribution in [0.2, 0.25) is 5.02 Å². The summed E-state index contributed by atoms with van der Waals surface area (Å²) in [6, 6.07) is 4.05. The number of halogens is 2. The van der Waals surface area contributed by atoms with Crippen molar-refractivity contribution in [1.82, 2.24) is 10.2 Å². The maximum absolute atomic E-state index is 12.7. The molecule has 2 amide bonds. The number of hydrogen-bond acceptors (Lipinski definition) is 5. The first-order chi connectivity index (χ1) is 12.4. The van der Waals surface area contributed by atoms with Gasteiger partial charge in [0.25, 0.3) is 5.69 Å². The first-order valence-corrected chi connectivity index (χ1v) is 8.99. The number of non-ortho nitro benzene ring substituents is 1. The number of nitro groups is 1. The van der Waals surface area contributed by atoms with Crippen LogP contribution in [0, 0.1) is 10.1 Å². The Morgan fingerprint density at radius 3 is 2.74 bits per heavy atom. The van der Waals surface area contributed by atoms with E-state index in [0.29, 0.717) is 18.7 Å². The molecule has 0 saturated carbocycles. The van der Waals surface area contributed by atoms with E-state index in [1.807, 2.05) is 0 Å². The van der Waals surface area contributed by atoms with Crippen LogP contribution in [0.4, 0.5) is 5.69 Å². The standard InChI is InChI=1S/C17H23ClN4O4.ClH/c18-15-10-13(22(25)26)5-4-12(15)9-17(24)21-8-2-1-3-14(21)11-20-16(23)6-7-19;/h4-5,10,14H,1-3,6-9,11,19H2,(H,20,23);1H. The van der Waals surface area contributed by atoms with Crippen LogP contribution in [-0.4, -0.2) is 47.3 Å². The third-order valence-electron chi connectivity index (χ3n) is 4.44. The van der Waals surface area contributed by atoms with Gasteiger partial charge >= 0.3 is 0 Å². The van der Waals surface area contributed by atoms with Gasteiger partial charge in [-0.2, -0.15) is 0 Å². The van der Waals surface area contributed by atoms with E-state index in [4.69, 9.17) is 17.3 Å². The largest absolute Gasteiger partial charge is 0.354 e. The fraction of sp³-hybridized carbons (Fsp3) is 0.529. The number of hydrogen-bond donors (Lipinski definition) is 2. The van der Waals surface area contributed by atoms with Crippen molar-refractivity contribution in [3.05, 3.63) is 38.9 Å². The summed E-state index contributed by atoms with van der Waals surface area (Å²) in [6.07, 6.45) is 3.07. The van der Waals surface area contributed by atoms with Gasteiger partial charge in [0, 0.05) is 44.2 Å². The summed E-state index contributed by atoms with van der Waals surface area (Å²) in [6.45, 7) is 1.32. The molecule has 27 heavy (non-hydrogen) atoms. The molecule has 0 spiro atoms. The zero-order valence-electron chi connectivity index (χ0n) is 14.9. The van der Waals surface area contributed by atoms with Crippen LogP contribution >= 0.6 is 24.0 Å². The molecule has 0 aromatic heterocycles. The van der Waals surface area contributed by atoms with Gasteiger partial charge in [0.1, 0.15) is 0 Å². The Balaban J connectivity index is 0.00000364. The van der Waals surface area contributed by atoms with Crippen molar-refractivity contribution in [2.24, 2.45) is 5.73 Å². The second-order valence-corrected chi connectivity index (χ2v) is 6.70. The predicted molar refractivity (Wildman–Crippen MR) is 105 cm³/mol. The summed E-state index contributed by atoms with van der Waals surface area (Å²) in [5, 5.41) is 13.8. The monoisotopic (exact) mass is 418 g/mol. The Hall–Kier alpha value is -1.90. The van der Waals surface area contributed by atoms with Crippen molar-refractivity contribution in [3.63, 3.8) is 0 Å². The summed E-state index contributed by atoms with van der Waals surface area (Å²) < 4.78 is 0. The maximum atomic E-state index is 12.7. The van der Waals surface area contributed by atoms with Crippen molar-refractivity contribution in [3.8, 4) is 0 Å². The number of likely N-dealkylation sites (tertiary alicyclic amines) is 1. The first-order valence-electron chi connectivity index (χ1n) is 8.61. The molecule has 0 bridgehead atoms. The van der Waals surface area contributed by atoms with Crippen LogP contribution in [0.25, 0.3) is 0 Å². The molecule has 1 aliphatic rings. The Morgan fingerprint density at radius 1 is 1.37 bits per heavy atom. The van der Waals surface area contributed by atoms with E-state index in [1.165, 1.54) is 18.2 Å². The number of amides is 2. The Bertz CT molecular complexity index is 687. The number of nitrogens with two attached hydrogens (primary N) is 1. The molecular weight excluding hydrogens is 395 g/mol. The summed E-state index contributed by atoms with van der Waals surface area (Å²) in [5.41, 5.74) is 5.81. The quantitative estimate of drug-likeness (QED) is 0.518. The van der Waals surface area contributed by atoms with Gasteiger partial charge < -0.3 is 16.0 Å². The highest BCUT2D eigenvalue weighted by atomic mass is 35.5. The predicted octanol–water partition coefficient (Wildman–Crippen LogP) is 2.06. The van der Waals surface area contributed by atoms with E-state index < -0.39 is 4.92 Å². The molecule has 150 valence electrons. The summed E-state index contributed by atoms with van der Waals surface area (Å²) in [5.74, 6) is -0.220. The minimum absolute atomic E-state index is 0. The number of piperidine rings is 1. The highest BCUT2D eigenvalue weighted by molar-refractivity contribution is 6.31. The normalized spacial score (nSPS) is 16.4. The molecule has 1 saturated heterocycles. The molecule has 1 atom stereocenters. The van der Waals surface area contributed by atoms with E-state index >= 15 is 0 Å². The number of nitro benzene ring substituents is 1. The molecule has 0 radical (unpaired) electrons. The smallest absolute Gasteiger partial charge is 0.270 e. The number of carbonyl (C=O) groups is 2. The summed E-state index contributed by atoms with van der Waals surface area (Å²) >= 11 is 6.09. The van der Waals surface area contributed by atoms with Crippen LogP contribution in [-0.2, 0) is 16.0 Å². The number of carbonyl (C=O) groups excluding carboxylic acids is 2. The average Bonchev–Trinajstić information content (AvgIpc) is 2.62. The molecule has 0 aliphatic carbocycles. The third-order valence-corrected chi connectivity index (χ3v) is 4.79. The lowest BCUT2D eigenvalue weighted by Crippen LogP contribution is -2.50. The van der Waals surface area contributed by atoms with Crippen LogP contribution in [0.1, 0.15) is 31.2 Å². The van der Waals surface area contributed by atoms with Gasteiger partial charge in [-0.3, -0.25) is 19.7 Å². The lowest BCUT2D eigenvalue weighted by molar-refractivity contribution is -0.384. The van der Waals surface area contributed by atoms with Crippen LogP contribution in [0.15, 0.2) is 18.2 Å². The fourth-order valence-electron chi connectivity index (χ4n) is 3.05. The van der Waals surface area contributed by atoms with Crippen molar-refractivity contribution < 1.29 is 14.5 Å².